The third-order valence-electron chi connectivity index (χ3n) is 5.73. The van der Waals surface area contributed by atoms with E-state index in [1.54, 1.807) is 16.6 Å². The summed E-state index contributed by atoms with van der Waals surface area (Å²) >= 11 is 0. The second-order valence-corrected chi connectivity index (χ2v) is 7.82. The first-order valence-electron chi connectivity index (χ1n) is 9.98. The van der Waals surface area contributed by atoms with Gasteiger partial charge in [0.05, 0.1) is 10.9 Å². The van der Waals surface area contributed by atoms with Gasteiger partial charge in [0, 0.05) is 39.8 Å². The maximum Gasteiger partial charge on any atom is 0.278 e. The molecule has 0 saturated carbocycles. The molecule has 2 heterocycles. The summed E-state index contributed by atoms with van der Waals surface area (Å²) < 4.78 is 1.62. The second-order valence-electron chi connectivity index (χ2n) is 7.82. The van der Waals surface area contributed by atoms with Crippen LogP contribution in [-0.2, 0) is 13.6 Å². The summed E-state index contributed by atoms with van der Waals surface area (Å²) in [6.07, 6.45) is 0. The van der Waals surface area contributed by atoms with Gasteiger partial charge in [-0.3, -0.25) is 19.2 Å². The van der Waals surface area contributed by atoms with Crippen LogP contribution in [-0.4, -0.2) is 51.7 Å². The molecule has 0 bridgehead atoms. The Bertz CT molecular complexity index is 1130. The van der Waals surface area contributed by atoms with Crippen LogP contribution >= 0.6 is 0 Å². The van der Waals surface area contributed by atoms with E-state index in [1.165, 1.54) is 11.1 Å². The van der Waals surface area contributed by atoms with Crippen LogP contribution in [0.1, 0.15) is 27.2 Å². The Labute approximate surface area is 170 Å². The van der Waals surface area contributed by atoms with Gasteiger partial charge in [-0.25, -0.2) is 0 Å². The number of amides is 1. The quantitative estimate of drug-likeness (QED) is 0.690. The number of rotatable bonds is 3. The van der Waals surface area contributed by atoms with Crippen LogP contribution in [0, 0.1) is 13.8 Å². The molecule has 0 atom stereocenters. The normalized spacial score (nSPS) is 15.1. The first kappa shape index (κ1) is 19.3. The Kier molecular flexibility index (Phi) is 5.20. The van der Waals surface area contributed by atoms with Gasteiger partial charge in [-0.2, -0.15) is 5.10 Å². The van der Waals surface area contributed by atoms with Gasteiger partial charge in [0.25, 0.3) is 5.91 Å². The Morgan fingerprint density at radius 2 is 1.76 bits per heavy atom. The van der Waals surface area contributed by atoms with Crippen LogP contribution in [0.2, 0.25) is 0 Å². The molecule has 1 aromatic heterocycles. The third kappa shape index (κ3) is 3.80. The molecule has 3 aromatic rings. The van der Waals surface area contributed by atoms with Crippen molar-refractivity contribution in [2.45, 2.75) is 20.4 Å². The number of piperazine rings is 1. The van der Waals surface area contributed by atoms with Crippen molar-refractivity contribution in [1.29, 1.82) is 0 Å². The van der Waals surface area contributed by atoms with Crippen LogP contribution in [0.3, 0.4) is 0 Å². The lowest BCUT2D eigenvalue weighted by atomic mass is 10.1. The average molecular weight is 390 g/mol. The molecule has 1 aliphatic rings. The van der Waals surface area contributed by atoms with Crippen molar-refractivity contribution in [3.8, 4) is 0 Å². The summed E-state index contributed by atoms with van der Waals surface area (Å²) in [5.74, 6) is -0.274. The highest BCUT2D eigenvalue weighted by molar-refractivity contribution is 5.95. The van der Waals surface area contributed by atoms with Gasteiger partial charge < -0.3 is 4.90 Å². The van der Waals surface area contributed by atoms with E-state index in [2.05, 4.69) is 35.1 Å². The number of benzene rings is 2. The number of hydrogen-bond donors (Lipinski definition) is 0. The third-order valence-corrected chi connectivity index (χ3v) is 5.73. The number of nitrogens with zero attached hydrogens (tertiary/aromatic N) is 4. The van der Waals surface area contributed by atoms with Crippen molar-refractivity contribution in [3.05, 3.63) is 75.1 Å². The molecule has 1 saturated heterocycles. The fourth-order valence-electron chi connectivity index (χ4n) is 3.92. The molecule has 150 valence electrons. The van der Waals surface area contributed by atoms with Gasteiger partial charge in [0.15, 0.2) is 5.69 Å². The van der Waals surface area contributed by atoms with Crippen molar-refractivity contribution < 1.29 is 4.79 Å². The smallest absolute Gasteiger partial charge is 0.278 e. The van der Waals surface area contributed by atoms with Crippen molar-refractivity contribution in [2.24, 2.45) is 7.05 Å². The molecule has 29 heavy (non-hydrogen) atoms. The van der Waals surface area contributed by atoms with Gasteiger partial charge in [-0.1, -0.05) is 35.9 Å². The summed E-state index contributed by atoms with van der Waals surface area (Å²) in [6.45, 7) is 7.71. The lowest BCUT2D eigenvalue weighted by Crippen LogP contribution is -2.49. The topological polar surface area (TPSA) is 58.4 Å². The lowest BCUT2D eigenvalue weighted by molar-refractivity contribution is 0.0619. The standard InChI is InChI=1S/C23H26N4O2/c1-16-8-9-20-19(14-16)22(28)21(24-25(20)3)23(29)27-12-10-26(11-13-27)15-18-7-5-4-6-17(18)2/h4-9,14H,10-13,15H2,1-3H3. The molecule has 1 aliphatic heterocycles. The molecule has 0 N–H and O–H groups in total. The van der Waals surface area contributed by atoms with Gasteiger partial charge >= 0.3 is 0 Å². The summed E-state index contributed by atoms with van der Waals surface area (Å²) in [5.41, 5.74) is 4.05. The summed E-state index contributed by atoms with van der Waals surface area (Å²) in [7, 11) is 1.77. The highest BCUT2D eigenvalue weighted by Gasteiger charge is 2.26. The SMILES string of the molecule is Cc1ccc2c(c1)c(=O)c(C(=O)N1CCN(Cc3ccccc3C)CC1)nn2C. The predicted octanol–water partition coefficient (Wildman–Crippen LogP) is 2.51. The van der Waals surface area contributed by atoms with Gasteiger partial charge in [-0.05, 0) is 37.1 Å². The van der Waals surface area contributed by atoms with Gasteiger partial charge in [-0.15, -0.1) is 0 Å². The highest BCUT2D eigenvalue weighted by Crippen LogP contribution is 2.15. The Hall–Kier alpha value is -2.99. The molecule has 0 aliphatic carbocycles. The van der Waals surface area contributed by atoms with E-state index in [0.29, 0.717) is 18.5 Å². The lowest BCUT2D eigenvalue weighted by Gasteiger charge is -2.34. The molecule has 4 rings (SSSR count). The van der Waals surface area contributed by atoms with E-state index in [9.17, 15) is 9.59 Å². The molecule has 1 fully saturated rings. The predicted molar refractivity (Wildman–Crippen MR) is 114 cm³/mol. The molecule has 2 aromatic carbocycles. The van der Waals surface area contributed by atoms with E-state index in [1.807, 2.05) is 31.2 Å². The highest BCUT2D eigenvalue weighted by atomic mass is 16.2. The molecular weight excluding hydrogens is 364 g/mol. The average Bonchev–Trinajstić information content (AvgIpc) is 2.72. The van der Waals surface area contributed by atoms with Gasteiger partial charge in [0.2, 0.25) is 5.43 Å². The molecule has 0 unspecified atom stereocenters. The largest absolute Gasteiger partial charge is 0.335 e. The minimum absolute atomic E-state index is 0.0120. The van der Waals surface area contributed by atoms with E-state index in [-0.39, 0.29) is 17.0 Å². The zero-order chi connectivity index (χ0) is 20.5. The minimum Gasteiger partial charge on any atom is -0.335 e. The van der Waals surface area contributed by atoms with Crippen LogP contribution in [0.5, 0.6) is 0 Å². The van der Waals surface area contributed by atoms with Crippen LogP contribution in [0.15, 0.2) is 47.3 Å². The summed E-state index contributed by atoms with van der Waals surface area (Å²) in [4.78, 5) is 30.1. The minimum atomic E-state index is -0.283. The first-order valence-corrected chi connectivity index (χ1v) is 9.98. The molecule has 0 spiro atoms. The van der Waals surface area contributed by atoms with E-state index in [0.717, 1.165) is 30.7 Å². The maximum absolute atomic E-state index is 13.1. The zero-order valence-electron chi connectivity index (χ0n) is 17.2. The summed E-state index contributed by atoms with van der Waals surface area (Å²) in [6, 6.07) is 14.0. The fourth-order valence-corrected chi connectivity index (χ4v) is 3.92. The van der Waals surface area contributed by atoms with Crippen molar-refractivity contribution in [2.75, 3.05) is 26.2 Å². The second kappa shape index (κ2) is 7.79. The van der Waals surface area contributed by atoms with Crippen LogP contribution < -0.4 is 5.43 Å². The maximum atomic E-state index is 13.1. The van der Waals surface area contributed by atoms with Crippen molar-refractivity contribution in [1.82, 2.24) is 19.6 Å². The van der Waals surface area contributed by atoms with E-state index >= 15 is 0 Å². The number of fused-ring (bicyclic) bond motifs is 1. The number of carbonyl (C=O) groups is 1. The number of carbonyl (C=O) groups excluding carboxylic acids is 1. The Morgan fingerprint density at radius 1 is 1.03 bits per heavy atom. The number of hydrogen-bond acceptors (Lipinski definition) is 4. The molecule has 1 amide bonds. The first-order chi connectivity index (χ1) is 13.9. The monoisotopic (exact) mass is 390 g/mol. The number of aryl methyl sites for hydroxylation is 3. The van der Waals surface area contributed by atoms with Crippen molar-refractivity contribution >= 4 is 16.8 Å². The molecular formula is C23H26N4O2. The van der Waals surface area contributed by atoms with Crippen molar-refractivity contribution in [3.63, 3.8) is 0 Å². The fraction of sp³-hybridized carbons (Fsp3) is 0.348. The Balaban J connectivity index is 1.51. The molecule has 6 nitrogen and oxygen atoms in total. The Morgan fingerprint density at radius 3 is 2.48 bits per heavy atom. The number of aromatic nitrogens is 2. The van der Waals surface area contributed by atoms with E-state index in [4.69, 9.17) is 0 Å². The van der Waals surface area contributed by atoms with Crippen LogP contribution in [0.4, 0.5) is 0 Å². The van der Waals surface area contributed by atoms with E-state index < -0.39 is 0 Å². The van der Waals surface area contributed by atoms with Gasteiger partial charge in [0.1, 0.15) is 0 Å². The zero-order valence-corrected chi connectivity index (χ0v) is 17.2. The molecule has 0 radical (unpaired) electrons. The summed E-state index contributed by atoms with van der Waals surface area (Å²) in [5, 5.41) is 4.85. The van der Waals surface area contributed by atoms with Crippen LogP contribution in [0.25, 0.3) is 10.9 Å². The molecule has 6 heteroatoms.